The number of carbonyl (C=O) groups is 1. The Labute approximate surface area is 130 Å². The van der Waals surface area contributed by atoms with Gasteiger partial charge in [0, 0.05) is 28.4 Å². The first-order chi connectivity index (χ1) is 9.54. The zero-order chi connectivity index (χ0) is 14.6. The van der Waals surface area contributed by atoms with Gasteiger partial charge >= 0.3 is 0 Å². The van der Waals surface area contributed by atoms with E-state index in [1.165, 1.54) is 19.3 Å². The largest absolute Gasteiger partial charge is 0.314 e. The molecule has 0 atom stereocenters. The quantitative estimate of drug-likeness (QED) is 0.872. The summed E-state index contributed by atoms with van der Waals surface area (Å²) in [4.78, 5) is 12.4. The zero-order valence-corrected chi connectivity index (χ0v) is 13.4. The molecule has 0 radical (unpaired) electrons. The highest BCUT2D eigenvalue weighted by atomic mass is 35.5. The van der Waals surface area contributed by atoms with Gasteiger partial charge in [-0.05, 0) is 37.6 Å². The maximum absolute atomic E-state index is 12.4. The number of ketones is 1. The highest BCUT2D eigenvalue weighted by Gasteiger charge is 2.32. The molecule has 0 bridgehead atoms. The molecule has 4 heteroatoms. The summed E-state index contributed by atoms with van der Waals surface area (Å²) in [6.07, 6.45) is 6.83. The molecular weight excluding hydrogens is 293 g/mol. The molecule has 110 valence electrons. The van der Waals surface area contributed by atoms with Crippen molar-refractivity contribution in [3.63, 3.8) is 0 Å². The van der Waals surface area contributed by atoms with Crippen molar-refractivity contribution < 1.29 is 4.79 Å². The van der Waals surface area contributed by atoms with E-state index in [1.807, 2.05) is 13.1 Å². The SMILES string of the molecule is CNC1(CC(=O)Cc2ccc(Cl)cc2Cl)CCCCC1. The molecule has 0 aromatic heterocycles. The number of nitrogens with one attached hydrogen (secondary N) is 1. The van der Waals surface area contributed by atoms with Crippen molar-refractivity contribution in [3.05, 3.63) is 33.8 Å². The van der Waals surface area contributed by atoms with Crippen LogP contribution in [0.4, 0.5) is 0 Å². The van der Waals surface area contributed by atoms with E-state index in [-0.39, 0.29) is 11.3 Å². The van der Waals surface area contributed by atoms with Crippen LogP contribution in [-0.4, -0.2) is 18.4 Å². The Bertz CT molecular complexity index is 481. The molecule has 0 unspecified atom stereocenters. The lowest BCUT2D eigenvalue weighted by molar-refractivity contribution is -0.120. The van der Waals surface area contributed by atoms with Crippen LogP contribution in [0.15, 0.2) is 18.2 Å². The van der Waals surface area contributed by atoms with E-state index < -0.39 is 0 Å². The van der Waals surface area contributed by atoms with Crippen LogP contribution in [0.3, 0.4) is 0 Å². The fourth-order valence-corrected chi connectivity index (χ4v) is 3.54. The van der Waals surface area contributed by atoms with E-state index >= 15 is 0 Å². The Morgan fingerprint density at radius 2 is 1.95 bits per heavy atom. The Hall–Kier alpha value is -0.570. The van der Waals surface area contributed by atoms with Crippen LogP contribution in [0.5, 0.6) is 0 Å². The van der Waals surface area contributed by atoms with Crippen molar-refractivity contribution in [3.8, 4) is 0 Å². The number of halogens is 2. The van der Waals surface area contributed by atoms with Gasteiger partial charge in [0.2, 0.25) is 0 Å². The lowest BCUT2D eigenvalue weighted by Gasteiger charge is -2.36. The standard InChI is InChI=1S/C16H21Cl2NO/c1-19-16(7-3-2-4-8-16)11-14(20)9-12-5-6-13(17)10-15(12)18/h5-6,10,19H,2-4,7-9,11H2,1H3. The normalized spacial score (nSPS) is 17.9. The maximum atomic E-state index is 12.4. The number of Topliss-reactive ketones (excluding diaryl/α,β-unsaturated/α-hetero) is 1. The van der Waals surface area contributed by atoms with Crippen LogP contribution >= 0.6 is 23.2 Å². The van der Waals surface area contributed by atoms with Crippen LogP contribution < -0.4 is 5.32 Å². The second kappa shape index (κ2) is 6.93. The third-order valence-corrected chi connectivity index (χ3v) is 4.87. The molecule has 1 aliphatic rings. The Kier molecular flexibility index (Phi) is 5.48. The second-order valence-corrected chi connectivity index (χ2v) is 6.56. The molecule has 1 aromatic carbocycles. The molecule has 1 aromatic rings. The van der Waals surface area contributed by atoms with E-state index in [0.29, 0.717) is 22.9 Å². The van der Waals surface area contributed by atoms with Crippen molar-refractivity contribution in [1.82, 2.24) is 5.32 Å². The molecule has 2 rings (SSSR count). The van der Waals surface area contributed by atoms with Crippen LogP contribution in [0, 0.1) is 0 Å². The lowest BCUT2D eigenvalue weighted by atomic mass is 9.78. The van der Waals surface area contributed by atoms with Crippen molar-refractivity contribution >= 4 is 29.0 Å². The summed E-state index contributed by atoms with van der Waals surface area (Å²) >= 11 is 12.0. The molecule has 0 saturated heterocycles. The van der Waals surface area contributed by atoms with Gasteiger partial charge in [-0.3, -0.25) is 4.79 Å². The zero-order valence-electron chi connectivity index (χ0n) is 11.8. The van der Waals surface area contributed by atoms with Crippen molar-refractivity contribution in [2.45, 2.75) is 50.5 Å². The molecule has 1 N–H and O–H groups in total. The molecule has 0 amide bonds. The Morgan fingerprint density at radius 3 is 2.55 bits per heavy atom. The van der Waals surface area contributed by atoms with Gasteiger partial charge in [-0.2, -0.15) is 0 Å². The van der Waals surface area contributed by atoms with Gasteiger partial charge in [-0.1, -0.05) is 48.5 Å². The first kappa shape index (κ1) is 15.8. The number of hydrogen-bond acceptors (Lipinski definition) is 2. The maximum Gasteiger partial charge on any atom is 0.139 e. The summed E-state index contributed by atoms with van der Waals surface area (Å²) < 4.78 is 0. The fourth-order valence-electron chi connectivity index (χ4n) is 3.06. The fraction of sp³-hybridized carbons (Fsp3) is 0.562. The number of carbonyl (C=O) groups excluding carboxylic acids is 1. The predicted molar refractivity (Wildman–Crippen MR) is 84.7 cm³/mol. The Balaban J connectivity index is 2.00. The summed E-state index contributed by atoms with van der Waals surface area (Å²) in [5, 5.41) is 4.56. The van der Waals surface area contributed by atoms with Crippen molar-refractivity contribution in [2.75, 3.05) is 7.05 Å². The number of benzene rings is 1. The van der Waals surface area contributed by atoms with Gasteiger partial charge in [0.05, 0.1) is 0 Å². The molecule has 1 fully saturated rings. The van der Waals surface area contributed by atoms with Gasteiger partial charge in [0.15, 0.2) is 0 Å². The van der Waals surface area contributed by atoms with Gasteiger partial charge < -0.3 is 5.32 Å². The highest BCUT2D eigenvalue weighted by Crippen LogP contribution is 2.31. The van der Waals surface area contributed by atoms with E-state index in [2.05, 4.69) is 5.32 Å². The third kappa shape index (κ3) is 3.97. The molecule has 2 nitrogen and oxygen atoms in total. The van der Waals surface area contributed by atoms with E-state index in [0.717, 1.165) is 18.4 Å². The van der Waals surface area contributed by atoms with E-state index in [4.69, 9.17) is 23.2 Å². The summed E-state index contributed by atoms with van der Waals surface area (Å²) in [6, 6.07) is 5.32. The van der Waals surface area contributed by atoms with Crippen molar-refractivity contribution in [1.29, 1.82) is 0 Å². The summed E-state index contributed by atoms with van der Waals surface area (Å²) in [7, 11) is 1.97. The molecule has 1 saturated carbocycles. The molecule has 20 heavy (non-hydrogen) atoms. The molecular formula is C16H21Cl2NO. The van der Waals surface area contributed by atoms with Crippen LogP contribution in [-0.2, 0) is 11.2 Å². The second-order valence-electron chi connectivity index (χ2n) is 5.72. The average Bonchev–Trinajstić information content (AvgIpc) is 2.43. The summed E-state index contributed by atoms with van der Waals surface area (Å²) in [5.74, 6) is 0.241. The van der Waals surface area contributed by atoms with Gasteiger partial charge in [0.1, 0.15) is 5.78 Å². The number of rotatable bonds is 5. The van der Waals surface area contributed by atoms with Gasteiger partial charge in [0.25, 0.3) is 0 Å². The highest BCUT2D eigenvalue weighted by molar-refractivity contribution is 6.35. The third-order valence-electron chi connectivity index (χ3n) is 4.28. The van der Waals surface area contributed by atoms with Crippen LogP contribution in [0.25, 0.3) is 0 Å². The molecule has 0 spiro atoms. The summed E-state index contributed by atoms with van der Waals surface area (Å²) in [6.45, 7) is 0. The minimum Gasteiger partial charge on any atom is -0.314 e. The number of hydrogen-bond donors (Lipinski definition) is 1. The smallest absolute Gasteiger partial charge is 0.139 e. The first-order valence-electron chi connectivity index (χ1n) is 7.19. The molecule has 0 aliphatic heterocycles. The Morgan fingerprint density at radius 1 is 1.25 bits per heavy atom. The van der Waals surface area contributed by atoms with Crippen molar-refractivity contribution in [2.24, 2.45) is 0 Å². The van der Waals surface area contributed by atoms with Crippen LogP contribution in [0.1, 0.15) is 44.1 Å². The minimum absolute atomic E-state index is 0.00572. The summed E-state index contributed by atoms with van der Waals surface area (Å²) in [5.41, 5.74) is 0.858. The monoisotopic (exact) mass is 313 g/mol. The lowest BCUT2D eigenvalue weighted by Crippen LogP contribution is -2.46. The van der Waals surface area contributed by atoms with Gasteiger partial charge in [-0.25, -0.2) is 0 Å². The molecule has 1 aliphatic carbocycles. The van der Waals surface area contributed by atoms with E-state index in [9.17, 15) is 4.79 Å². The first-order valence-corrected chi connectivity index (χ1v) is 7.95. The molecule has 0 heterocycles. The predicted octanol–water partition coefficient (Wildman–Crippen LogP) is 4.42. The minimum atomic E-state index is -0.00572. The van der Waals surface area contributed by atoms with E-state index in [1.54, 1.807) is 12.1 Å². The topological polar surface area (TPSA) is 29.1 Å². The van der Waals surface area contributed by atoms with Crippen LogP contribution in [0.2, 0.25) is 10.0 Å². The average molecular weight is 314 g/mol. The van der Waals surface area contributed by atoms with Gasteiger partial charge in [-0.15, -0.1) is 0 Å².